The first-order valence-electron chi connectivity index (χ1n) is 9.36. The van der Waals surface area contributed by atoms with Crippen LogP contribution in [0.3, 0.4) is 0 Å². The van der Waals surface area contributed by atoms with Crippen LogP contribution in [0.5, 0.6) is 11.5 Å². The Morgan fingerprint density at radius 2 is 1.80 bits per heavy atom. The average molecular weight is 422 g/mol. The number of hydrogen-bond acceptors (Lipinski definition) is 5. The summed E-state index contributed by atoms with van der Waals surface area (Å²) >= 11 is 0. The SMILES string of the molecule is Cc1ccc2c(c1)-c1ccccc1S(=O)(=O)N2CC(=O)Nc1ccc2c(c1)OCO2. The van der Waals surface area contributed by atoms with E-state index in [2.05, 4.69) is 5.32 Å². The molecule has 0 unspecified atom stereocenters. The molecule has 3 aromatic carbocycles. The zero-order valence-corrected chi connectivity index (χ0v) is 16.9. The Balaban J connectivity index is 1.49. The molecular formula is C22H18N2O5S. The lowest BCUT2D eigenvalue weighted by molar-refractivity contribution is -0.114. The number of nitrogens with zero attached hydrogens (tertiary/aromatic N) is 1. The molecule has 1 N–H and O–H groups in total. The van der Waals surface area contributed by atoms with E-state index in [0.717, 1.165) is 15.4 Å². The van der Waals surface area contributed by atoms with E-state index in [0.29, 0.717) is 28.4 Å². The molecule has 0 aliphatic carbocycles. The molecule has 0 radical (unpaired) electrons. The fraction of sp³-hybridized carbons (Fsp3) is 0.136. The number of rotatable bonds is 3. The van der Waals surface area contributed by atoms with Crippen LogP contribution in [-0.2, 0) is 14.8 Å². The summed E-state index contributed by atoms with van der Waals surface area (Å²) in [6.07, 6.45) is 0. The number of sulfonamides is 1. The number of hydrogen-bond donors (Lipinski definition) is 1. The lowest BCUT2D eigenvalue weighted by atomic mass is 10.0. The maximum Gasteiger partial charge on any atom is 0.265 e. The first kappa shape index (κ1) is 18.5. The molecule has 5 rings (SSSR count). The van der Waals surface area contributed by atoms with Gasteiger partial charge in [0.2, 0.25) is 12.7 Å². The van der Waals surface area contributed by atoms with Gasteiger partial charge >= 0.3 is 0 Å². The topological polar surface area (TPSA) is 84.9 Å². The van der Waals surface area contributed by atoms with Crippen LogP contribution >= 0.6 is 0 Å². The van der Waals surface area contributed by atoms with E-state index >= 15 is 0 Å². The molecule has 2 heterocycles. The molecule has 0 bridgehead atoms. The van der Waals surface area contributed by atoms with Crippen LogP contribution in [0, 0.1) is 6.92 Å². The second-order valence-corrected chi connectivity index (χ2v) is 8.98. The predicted octanol–water partition coefficient (Wildman–Crippen LogP) is 3.54. The van der Waals surface area contributed by atoms with Gasteiger partial charge in [-0.05, 0) is 37.3 Å². The smallest absolute Gasteiger partial charge is 0.265 e. The van der Waals surface area contributed by atoms with Gasteiger partial charge in [0.15, 0.2) is 11.5 Å². The molecule has 0 fully saturated rings. The largest absolute Gasteiger partial charge is 0.454 e. The molecule has 30 heavy (non-hydrogen) atoms. The van der Waals surface area contributed by atoms with Crippen LogP contribution < -0.4 is 19.1 Å². The van der Waals surface area contributed by atoms with Gasteiger partial charge in [0.05, 0.1) is 10.6 Å². The summed E-state index contributed by atoms with van der Waals surface area (Å²) in [5.41, 5.74) is 3.43. The van der Waals surface area contributed by atoms with Crippen molar-refractivity contribution < 1.29 is 22.7 Å². The molecule has 0 saturated carbocycles. The molecule has 8 heteroatoms. The molecule has 0 atom stereocenters. The van der Waals surface area contributed by atoms with E-state index in [9.17, 15) is 13.2 Å². The van der Waals surface area contributed by atoms with E-state index < -0.39 is 15.9 Å². The maximum absolute atomic E-state index is 13.3. The van der Waals surface area contributed by atoms with Gasteiger partial charge in [-0.3, -0.25) is 9.10 Å². The second-order valence-electron chi connectivity index (χ2n) is 7.14. The molecule has 2 aliphatic heterocycles. The van der Waals surface area contributed by atoms with Crippen LogP contribution in [0.4, 0.5) is 11.4 Å². The van der Waals surface area contributed by atoms with E-state index in [1.807, 2.05) is 25.1 Å². The summed E-state index contributed by atoms with van der Waals surface area (Å²) in [6, 6.07) is 17.4. The summed E-state index contributed by atoms with van der Waals surface area (Å²) in [4.78, 5) is 13.0. The average Bonchev–Trinajstić information content (AvgIpc) is 3.19. The summed E-state index contributed by atoms with van der Waals surface area (Å²) in [5, 5.41) is 2.74. The number of anilines is 2. The Morgan fingerprint density at radius 1 is 1.00 bits per heavy atom. The number of nitrogens with one attached hydrogen (secondary N) is 1. The number of amides is 1. The van der Waals surface area contributed by atoms with Crippen molar-refractivity contribution >= 4 is 27.3 Å². The zero-order chi connectivity index (χ0) is 20.9. The molecule has 7 nitrogen and oxygen atoms in total. The quantitative estimate of drug-likeness (QED) is 0.698. The maximum atomic E-state index is 13.3. The van der Waals surface area contributed by atoms with Gasteiger partial charge in [-0.15, -0.1) is 0 Å². The van der Waals surface area contributed by atoms with E-state index in [1.165, 1.54) is 0 Å². The minimum absolute atomic E-state index is 0.133. The Bertz CT molecular complexity index is 1290. The monoisotopic (exact) mass is 422 g/mol. The summed E-state index contributed by atoms with van der Waals surface area (Å²) in [7, 11) is -3.88. The van der Waals surface area contributed by atoms with Crippen molar-refractivity contribution in [1.29, 1.82) is 0 Å². The minimum Gasteiger partial charge on any atom is -0.454 e. The van der Waals surface area contributed by atoms with Gasteiger partial charge in [0.25, 0.3) is 10.0 Å². The number of aryl methyl sites for hydroxylation is 1. The highest BCUT2D eigenvalue weighted by molar-refractivity contribution is 7.93. The van der Waals surface area contributed by atoms with Crippen molar-refractivity contribution in [3.8, 4) is 22.6 Å². The third-order valence-corrected chi connectivity index (χ3v) is 6.93. The highest BCUT2D eigenvalue weighted by Crippen LogP contribution is 2.43. The van der Waals surface area contributed by atoms with Crippen LogP contribution in [0.2, 0.25) is 0 Å². The van der Waals surface area contributed by atoms with Gasteiger partial charge in [0, 0.05) is 22.9 Å². The molecule has 0 spiro atoms. The lowest BCUT2D eigenvalue weighted by Crippen LogP contribution is -2.40. The van der Waals surface area contributed by atoms with Crippen LogP contribution in [0.25, 0.3) is 11.1 Å². The summed E-state index contributed by atoms with van der Waals surface area (Å²) < 4.78 is 38.4. The summed E-state index contributed by atoms with van der Waals surface area (Å²) in [5.74, 6) is 0.684. The van der Waals surface area contributed by atoms with E-state index in [1.54, 1.807) is 42.5 Å². The molecule has 152 valence electrons. The number of ether oxygens (including phenoxy) is 2. The highest BCUT2D eigenvalue weighted by Gasteiger charge is 2.35. The van der Waals surface area contributed by atoms with Crippen molar-refractivity contribution in [2.45, 2.75) is 11.8 Å². The van der Waals surface area contributed by atoms with E-state index in [-0.39, 0.29) is 18.2 Å². The second kappa shape index (κ2) is 6.77. The Hall–Kier alpha value is -3.52. The summed E-state index contributed by atoms with van der Waals surface area (Å²) in [6.45, 7) is 1.73. The van der Waals surface area contributed by atoms with Gasteiger partial charge in [0.1, 0.15) is 6.54 Å². The third-order valence-electron chi connectivity index (χ3n) is 5.11. The van der Waals surface area contributed by atoms with Crippen LogP contribution in [-0.4, -0.2) is 27.7 Å². The first-order chi connectivity index (χ1) is 14.4. The van der Waals surface area contributed by atoms with Gasteiger partial charge in [-0.1, -0.05) is 29.8 Å². The zero-order valence-electron chi connectivity index (χ0n) is 16.1. The minimum atomic E-state index is -3.88. The Kier molecular flexibility index (Phi) is 4.18. The van der Waals surface area contributed by atoms with Crippen molar-refractivity contribution in [1.82, 2.24) is 0 Å². The first-order valence-corrected chi connectivity index (χ1v) is 10.8. The molecule has 2 aliphatic rings. The predicted molar refractivity (Wildman–Crippen MR) is 112 cm³/mol. The highest BCUT2D eigenvalue weighted by atomic mass is 32.2. The van der Waals surface area contributed by atoms with Crippen molar-refractivity contribution in [2.24, 2.45) is 0 Å². The number of benzene rings is 3. The van der Waals surface area contributed by atoms with Gasteiger partial charge < -0.3 is 14.8 Å². The number of carbonyl (C=O) groups is 1. The fourth-order valence-electron chi connectivity index (χ4n) is 3.72. The molecule has 0 saturated heterocycles. The normalized spacial score (nSPS) is 15.3. The molecule has 0 aromatic heterocycles. The molecular weight excluding hydrogens is 404 g/mol. The van der Waals surface area contributed by atoms with E-state index in [4.69, 9.17) is 9.47 Å². The number of fused-ring (bicyclic) bond motifs is 4. The van der Waals surface area contributed by atoms with Crippen molar-refractivity contribution in [3.05, 3.63) is 66.2 Å². The Labute approximate surface area is 173 Å². The van der Waals surface area contributed by atoms with Crippen LogP contribution in [0.15, 0.2) is 65.6 Å². The number of carbonyl (C=O) groups excluding carboxylic acids is 1. The fourth-order valence-corrected chi connectivity index (χ4v) is 5.37. The van der Waals surface area contributed by atoms with Gasteiger partial charge in [-0.25, -0.2) is 8.42 Å². The molecule has 3 aromatic rings. The van der Waals surface area contributed by atoms with Crippen molar-refractivity contribution in [3.63, 3.8) is 0 Å². The lowest BCUT2D eigenvalue weighted by Gasteiger charge is -2.31. The third kappa shape index (κ3) is 2.96. The standard InChI is InChI=1S/C22H18N2O5S/c1-14-6-8-18-17(10-14)16-4-2-3-5-21(16)30(26,27)24(18)12-22(25)23-15-7-9-19-20(11-15)29-13-28-19/h2-11H,12-13H2,1H3,(H,23,25). The van der Waals surface area contributed by atoms with Crippen LogP contribution in [0.1, 0.15) is 5.56 Å². The van der Waals surface area contributed by atoms with Crippen molar-refractivity contribution in [2.75, 3.05) is 23.0 Å². The Morgan fingerprint density at radius 3 is 2.67 bits per heavy atom. The van der Waals surface area contributed by atoms with Gasteiger partial charge in [-0.2, -0.15) is 0 Å². The molecule has 1 amide bonds.